The Bertz CT molecular complexity index is 479. The largest absolute Gasteiger partial charge is 0.368 e. The average molecular weight is 218 g/mol. The second-order valence-electron chi connectivity index (χ2n) is 3.55. The molecule has 1 atom stereocenters. The van der Waals surface area contributed by atoms with Crippen molar-refractivity contribution in [2.75, 3.05) is 17.2 Å². The fourth-order valence-electron chi connectivity index (χ4n) is 1.61. The van der Waals surface area contributed by atoms with Crippen LogP contribution in [0.3, 0.4) is 0 Å². The van der Waals surface area contributed by atoms with E-state index in [1.807, 2.05) is 6.07 Å². The van der Waals surface area contributed by atoms with Crippen molar-refractivity contribution < 1.29 is 4.79 Å². The molecule has 2 heterocycles. The Morgan fingerprint density at radius 3 is 2.94 bits per heavy atom. The van der Waals surface area contributed by atoms with Gasteiger partial charge in [-0.25, -0.2) is 4.98 Å². The number of rotatable bonds is 1. The van der Waals surface area contributed by atoms with Crippen LogP contribution < -0.4 is 16.4 Å². The standard InChI is InChI=1S/C9H10N6O/c10-2-5-3-13-9(12)14-8(5)15-4-6(11)1-7(15)16/h3,6H,1,4,11H2,(H2,12,13,14). The van der Waals surface area contributed by atoms with Crippen molar-refractivity contribution in [2.45, 2.75) is 12.5 Å². The predicted octanol–water partition coefficient (Wildman–Crippen LogP) is -1.01. The fraction of sp³-hybridized carbons (Fsp3) is 0.333. The van der Waals surface area contributed by atoms with Gasteiger partial charge in [0.25, 0.3) is 0 Å². The van der Waals surface area contributed by atoms with E-state index >= 15 is 0 Å². The van der Waals surface area contributed by atoms with Gasteiger partial charge in [0.05, 0.1) is 6.20 Å². The number of carbonyl (C=O) groups is 1. The summed E-state index contributed by atoms with van der Waals surface area (Å²) in [7, 11) is 0. The Morgan fingerprint density at radius 1 is 1.62 bits per heavy atom. The molecule has 1 fully saturated rings. The maximum Gasteiger partial charge on any atom is 0.229 e. The van der Waals surface area contributed by atoms with Crippen LogP contribution in [0.2, 0.25) is 0 Å². The van der Waals surface area contributed by atoms with Crippen molar-refractivity contribution in [3.8, 4) is 6.07 Å². The predicted molar refractivity (Wildman–Crippen MR) is 56.1 cm³/mol. The second-order valence-corrected chi connectivity index (χ2v) is 3.55. The summed E-state index contributed by atoms with van der Waals surface area (Å²) in [6.45, 7) is 0.351. The van der Waals surface area contributed by atoms with E-state index in [4.69, 9.17) is 16.7 Å². The summed E-state index contributed by atoms with van der Waals surface area (Å²) < 4.78 is 0. The molecule has 7 heteroatoms. The molecule has 1 aromatic heterocycles. The van der Waals surface area contributed by atoms with Gasteiger partial charge >= 0.3 is 0 Å². The van der Waals surface area contributed by atoms with E-state index in [-0.39, 0.29) is 35.7 Å². The molecule has 7 nitrogen and oxygen atoms in total. The van der Waals surface area contributed by atoms with Crippen LogP contribution in [0.15, 0.2) is 6.20 Å². The molecule has 1 aliphatic heterocycles. The highest BCUT2D eigenvalue weighted by atomic mass is 16.2. The minimum Gasteiger partial charge on any atom is -0.368 e. The molecule has 1 unspecified atom stereocenters. The zero-order chi connectivity index (χ0) is 11.7. The van der Waals surface area contributed by atoms with E-state index in [1.54, 1.807) is 0 Å². The summed E-state index contributed by atoms with van der Waals surface area (Å²) in [5.41, 5.74) is 11.3. The van der Waals surface area contributed by atoms with Crippen LogP contribution in [0.4, 0.5) is 11.8 Å². The third-order valence-corrected chi connectivity index (χ3v) is 2.32. The number of hydrogen-bond acceptors (Lipinski definition) is 6. The third kappa shape index (κ3) is 1.66. The molecule has 16 heavy (non-hydrogen) atoms. The molecule has 1 saturated heterocycles. The van der Waals surface area contributed by atoms with E-state index < -0.39 is 0 Å². The Balaban J connectivity index is 2.44. The maximum atomic E-state index is 11.6. The molecule has 82 valence electrons. The molecular weight excluding hydrogens is 208 g/mol. The minimum atomic E-state index is -0.227. The minimum absolute atomic E-state index is 0.0299. The maximum absolute atomic E-state index is 11.6. The molecule has 1 amide bonds. The Morgan fingerprint density at radius 2 is 2.38 bits per heavy atom. The van der Waals surface area contributed by atoms with Crippen LogP contribution in [0.25, 0.3) is 0 Å². The van der Waals surface area contributed by atoms with Crippen LogP contribution in [0, 0.1) is 11.3 Å². The number of carbonyl (C=O) groups excluding carboxylic acids is 1. The molecule has 0 spiro atoms. The summed E-state index contributed by atoms with van der Waals surface area (Å²) in [4.78, 5) is 20.6. The average Bonchev–Trinajstić information content (AvgIpc) is 2.57. The molecule has 0 bridgehead atoms. The van der Waals surface area contributed by atoms with Crippen LogP contribution in [-0.4, -0.2) is 28.5 Å². The van der Waals surface area contributed by atoms with Gasteiger partial charge in [0.1, 0.15) is 11.6 Å². The van der Waals surface area contributed by atoms with E-state index in [9.17, 15) is 4.79 Å². The van der Waals surface area contributed by atoms with Crippen molar-refractivity contribution >= 4 is 17.7 Å². The smallest absolute Gasteiger partial charge is 0.229 e. The van der Waals surface area contributed by atoms with Gasteiger partial charge in [-0.1, -0.05) is 0 Å². The van der Waals surface area contributed by atoms with Gasteiger partial charge < -0.3 is 11.5 Å². The highest BCUT2D eigenvalue weighted by Gasteiger charge is 2.30. The van der Waals surface area contributed by atoms with Gasteiger partial charge in [0.15, 0.2) is 5.82 Å². The fourth-order valence-corrected chi connectivity index (χ4v) is 1.61. The van der Waals surface area contributed by atoms with Crippen LogP contribution in [0.1, 0.15) is 12.0 Å². The molecule has 0 aliphatic carbocycles. The summed E-state index contributed by atoms with van der Waals surface area (Å²) in [5.74, 6) is 0.123. The molecule has 1 aliphatic rings. The number of nitrogens with two attached hydrogens (primary N) is 2. The monoisotopic (exact) mass is 218 g/mol. The molecule has 4 N–H and O–H groups in total. The lowest BCUT2D eigenvalue weighted by atomic mass is 10.3. The molecule has 0 aromatic carbocycles. The third-order valence-electron chi connectivity index (χ3n) is 2.32. The van der Waals surface area contributed by atoms with Crippen LogP contribution in [0.5, 0.6) is 0 Å². The first-order chi connectivity index (χ1) is 7.61. The Labute approximate surface area is 91.7 Å². The van der Waals surface area contributed by atoms with E-state index in [0.29, 0.717) is 6.54 Å². The second kappa shape index (κ2) is 3.75. The van der Waals surface area contributed by atoms with E-state index in [2.05, 4.69) is 9.97 Å². The van der Waals surface area contributed by atoms with Gasteiger partial charge in [0, 0.05) is 19.0 Å². The van der Waals surface area contributed by atoms with Crippen LogP contribution >= 0.6 is 0 Å². The first kappa shape index (κ1) is 10.3. The molecule has 1 aromatic rings. The summed E-state index contributed by atoms with van der Waals surface area (Å²) >= 11 is 0. The number of anilines is 2. The van der Waals surface area contributed by atoms with Gasteiger partial charge in [-0.15, -0.1) is 0 Å². The number of nitriles is 1. The topological polar surface area (TPSA) is 122 Å². The number of nitrogens with zero attached hydrogens (tertiary/aromatic N) is 4. The van der Waals surface area contributed by atoms with Crippen molar-refractivity contribution in [1.29, 1.82) is 5.26 Å². The van der Waals surface area contributed by atoms with Crippen molar-refractivity contribution in [2.24, 2.45) is 5.73 Å². The summed E-state index contributed by atoms with van der Waals surface area (Å²) in [5, 5.41) is 8.88. The van der Waals surface area contributed by atoms with Crippen molar-refractivity contribution in [3.63, 3.8) is 0 Å². The number of amides is 1. The Hall–Kier alpha value is -2.20. The van der Waals surface area contributed by atoms with Gasteiger partial charge in [-0.3, -0.25) is 9.69 Å². The quantitative estimate of drug-likeness (QED) is 0.623. The Kier molecular flexibility index (Phi) is 2.42. The van der Waals surface area contributed by atoms with E-state index in [0.717, 1.165) is 0 Å². The van der Waals surface area contributed by atoms with Crippen molar-refractivity contribution in [1.82, 2.24) is 9.97 Å². The first-order valence-electron chi connectivity index (χ1n) is 4.70. The first-order valence-corrected chi connectivity index (χ1v) is 4.70. The summed E-state index contributed by atoms with van der Waals surface area (Å²) in [6, 6.07) is 1.69. The number of aromatic nitrogens is 2. The zero-order valence-electron chi connectivity index (χ0n) is 8.42. The molecular formula is C9H10N6O. The SMILES string of the molecule is N#Cc1cnc(N)nc1N1CC(N)CC1=O. The summed E-state index contributed by atoms with van der Waals surface area (Å²) in [6.07, 6.45) is 1.56. The van der Waals surface area contributed by atoms with Gasteiger partial charge in [-0.2, -0.15) is 10.2 Å². The lowest BCUT2D eigenvalue weighted by Crippen LogP contribution is -2.29. The lowest BCUT2D eigenvalue weighted by molar-refractivity contribution is -0.117. The van der Waals surface area contributed by atoms with Gasteiger partial charge in [-0.05, 0) is 0 Å². The normalized spacial score (nSPS) is 19.9. The highest BCUT2D eigenvalue weighted by molar-refractivity contribution is 5.96. The highest BCUT2D eigenvalue weighted by Crippen LogP contribution is 2.22. The number of nitrogen functional groups attached to an aromatic ring is 1. The molecule has 0 radical (unpaired) electrons. The lowest BCUT2D eigenvalue weighted by Gasteiger charge is -2.15. The molecule has 0 saturated carbocycles. The van der Waals surface area contributed by atoms with Gasteiger partial charge in [0.2, 0.25) is 11.9 Å². The zero-order valence-corrected chi connectivity index (χ0v) is 8.42. The van der Waals surface area contributed by atoms with E-state index in [1.165, 1.54) is 11.1 Å². The van der Waals surface area contributed by atoms with Crippen LogP contribution in [-0.2, 0) is 4.79 Å². The van der Waals surface area contributed by atoms with Crippen molar-refractivity contribution in [3.05, 3.63) is 11.8 Å². The number of hydrogen-bond donors (Lipinski definition) is 2. The molecule has 2 rings (SSSR count).